The summed E-state index contributed by atoms with van der Waals surface area (Å²) in [6, 6.07) is 14.3. The van der Waals surface area contributed by atoms with Gasteiger partial charge in [-0.25, -0.2) is 4.79 Å². The number of ether oxygens (including phenoxy) is 2. The van der Waals surface area contributed by atoms with Crippen LogP contribution in [0.25, 0.3) is 10.9 Å². The van der Waals surface area contributed by atoms with E-state index in [9.17, 15) is 14.4 Å². The number of benzene rings is 2. The van der Waals surface area contributed by atoms with E-state index in [2.05, 4.69) is 4.98 Å². The van der Waals surface area contributed by atoms with Crippen molar-refractivity contribution < 1.29 is 9.47 Å². The standard InChI is InChI=1S/C24H23N3O5/c1-15-12-25-22(28)21-20(15)23(29)27(14-17-6-10-19(32-3)11-7-17)24(30)26(21)13-16-4-8-18(31-2)9-5-16/h4-12H,13-14H2,1-3H3,(H,25,28). The molecule has 164 valence electrons. The van der Waals surface area contributed by atoms with Crippen LogP contribution < -0.4 is 26.3 Å². The van der Waals surface area contributed by atoms with E-state index < -0.39 is 16.8 Å². The molecule has 4 rings (SSSR count). The van der Waals surface area contributed by atoms with E-state index in [4.69, 9.17) is 9.47 Å². The Labute approximate surface area is 183 Å². The fourth-order valence-corrected chi connectivity index (χ4v) is 3.72. The van der Waals surface area contributed by atoms with E-state index in [0.717, 1.165) is 11.1 Å². The van der Waals surface area contributed by atoms with Gasteiger partial charge in [-0.1, -0.05) is 24.3 Å². The second-order valence-corrected chi connectivity index (χ2v) is 7.48. The number of nitrogens with one attached hydrogen (secondary N) is 1. The number of hydrogen-bond acceptors (Lipinski definition) is 5. The van der Waals surface area contributed by atoms with Crippen LogP contribution in [0.3, 0.4) is 0 Å². The number of rotatable bonds is 6. The SMILES string of the molecule is COc1ccc(Cn2c(=O)c3c(C)c[nH]c(=O)c3n(Cc3ccc(OC)cc3)c2=O)cc1. The molecule has 0 saturated heterocycles. The lowest BCUT2D eigenvalue weighted by molar-refractivity contribution is 0.414. The number of aromatic nitrogens is 3. The molecule has 0 aliphatic rings. The van der Waals surface area contributed by atoms with Gasteiger partial charge in [-0.05, 0) is 47.9 Å². The number of hydrogen-bond donors (Lipinski definition) is 1. The topological polar surface area (TPSA) is 95.3 Å². The van der Waals surface area contributed by atoms with Crippen molar-refractivity contribution in [2.24, 2.45) is 0 Å². The normalized spacial score (nSPS) is 11.0. The molecule has 0 amide bonds. The minimum absolute atomic E-state index is 0.0711. The van der Waals surface area contributed by atoms with Gasteiger partial charge in [0.25, 0.3) is 11.1 Å². The van der Waals surface area contributed by atoms with Crippen LogP contribution in [-0.4, -0.2) is 28.3 Å². The maximum atomic E-state index is 13.4. The Hall–Kier alpha value is -4.07. The Morgan fingerprint density at radius 2 is 1.28 bits per heavy atom. The largest absolute Gasteiger partial charge is 0.497 e. The van der Waals surface area contributed by atoms with E-state index in [1.165, 1.54) is 15.3 Å². The number of aryl methyl sites for hydroxylation is 1. The van der Waals surface area contributed by atoms with Crippen LogP contribution in [0.5, 0.6) is 11.5 Å². The van der Waals surface area contributed by atoms with Crippen LogP contribution in [0.1, 0.15) is 16.7 Å². The van der Waals surface area contributed by atoms with Crippen molar-refractivity contribution in [1.29, 1.82) is 0 Å². The first-order valence-electron chi connectivity index (χ1n) is 10.0. The number of nitrogens with zero attached hydrogens (tertiary/aromatic N) is 2. The highest BCUT2D eigenvalue weighted by Gasteiger charge is 2.18. The molecule has 2 aromatic heterocycles. The molecule has 2 heterocycles. The zero-order valence-electron chi connectivity index (χ0n) is 18.0. The van der Waals surface area contributed by atoms with Gasteiger partial charge in [0, 0.05) is 6.20 Å². The number of H-pyrrole nitrogens is 1. The van der Waals surface area contributed by atoms with Gasteiger partial charge >= 0.3 is 5.69 Å². The fourth-order valence-electron chi connectivity index (χ4n) is 3.72. The van der Waals surface area contributed by atoms with E-state index in [1.807, 2.05) is 12.1 Å². The third-order valence-electron chi connectivity index (χ3n) is 5.46. The predicted octanol–water partition coefficient (Wildman–Crippen LogP) is 2.27. The van der Waals surface area contributed by atoms with E-state index >= 15 is 0 Å². The Balaban J connectivity index is 1.92. The van der Waals surface area contributed by atoms with E-state index in [-0.39, 0.29) is 24.0 Å². The predicted molar refractivity (Wildman–Crippen MR) is 122 cm³/mol. The van der Waals surface area contributed by atoms with Gasteiger partial charge in [0.05, 0.1) is 32.7 Å². The van der Waals surface area contributed by atoms with Gasteiger partial charge in [-0.15, -0.1) is 0 Å². The molecule has 0 aliphatic carbocycles. The number of fused-ring (bicyclic) bond motifs is 1. The molecule has 0 bridgehead atoms. The Morgan fingerprint density at radius 1 is 0.781 bits per heavy atom. The van der Waals surface area contributed by atoms with Crippen molar-refractivity contribution >= 4 is 10.9 Å². The van der Waals surface area contributed by atoms with Crippen molar-refractivity contribution in [1.82, 2.24) is 14.1 Å². The first-order chi connectivity index (χ1) is 15.4. The van der Waals surface area contributed by atoms with Crippen molar-refractivity contribution in [3.8, 4) is 11.5 Å². The summed E-state index contributed by atoms with van der Waals surface area (Å²) < 4.78 is 12.9. The number of aromatic amines is 1. The van der Waals surface area contributed by atoms with Crippen LogP contribution in [0.15, 0.2) is 69.1 Å². The molecular formula is C24H23N3O5. The molecule has 8 heteroatoms. The summed E-state index contributed by atoms with van der Waals surface area (Å²) in [7, 11) is 3.14. The minimum atomic E-state index is -0.551. The third kappa shape index (κ3) is 3.82. The molecule has 2 aromatic carbocycles. The summed E-state index contributed by atoms with van der Waals surface area (Å²) in [6.45, 7) is 1.95. The van der Waals surface area contributed by atoms with E-state index in [0.29, 0.717) is 17.1 Å². The van der Waals surface area contributed by atoms with Crippen LogP contribution >= 0.6 is 0 Å². The molecule has 0 saturated carbocycles. The zero-order chi connectivity index (χ0) is 22.8. The van der Waals surface area contributed by atoms with Gasteiger partial charge < -0.3 is 14.5 Å². The third-order valence-corrected chi connectivity index (χ3v) is 5.46. The summed E-state index contributed by atoms with van der Waals surface area (Å²) in [5.74, 6) is 1.36. The molecule has 0 fully saturated rings. The highest BCUT2D eigenvalue weighted by molar-refractivity contribution is 5.80. The van der Waals surface area contributed by atoms with Crippen LogP contribution in [-0.2, 0) is 13.1 Å². The summed E-state index contributed by atoms with van der Waals surface area (Å²) in [5.41, 5.74) is 0.705. The lowest BCUT2D eigenvalue weighted by Crippen LogP contribution is -2.42. The van der Waals surface area contributed by atoms with Crippen molar-refractivity contribution in [2.75, 3.05) is 14.2 Å². The smallest absolute Gasteiger partial charge is 0.332 e. The first kappa shape index (κ1) is 21.2. The molecule has 0 radical (unpaired) electrons. The van der Waals surface area contributed by atoms with Gasteiger partial charge in [0.2, 0.25) is 0 Å². The monoisotopic (exact) mass is 433 g/mol. The highest BCUT2D eigenvalue weighted by atomic mass is 16.5. The van der Waals surface area contributed by atoms with Gasteiger partial charge in [-0.3, -0.25) is 18.7 Å². The molecule has 8 nitrogen and oxygen atoms in total. The summed E-state index contributed by atoms with van der Waals surface area (Å²) in [6.07, 6.45) is 1.49. The summed E-state index contributed by atoms with van der Waals surface area (Å²) >= 11 is 0. The van der Waals surface area contributed by atoms with Gasteiger partial charge in [-0.2, -0.15) is 0 Å². The minimum Gasteiger partial charge on any atom is -0.497 e. The first-order valence-corrected chi connectivity index (χ1v) is 10.0. The van der Waals surface area contributed by atoms with E-state index in [1.54, 1.807) is 57.5 Å². The molecule has 32 heavy (non-hydrogen) atoms. The average Bonchev–Trinajstić information content (AvgIpc) is 2.81. The van der Waals surface area contributed by atoms with Gasteiger partial charge in [0.1, 0.15) is 17.0 Å². The lowest BCUT2D eigenvalue weighted by atomic mass is 10.1. The number of methoxy groups -OCH3 is 2. The second kappa shape index (κ2) is 8.58. The molecule has 0 spiro atoms. The molecule has 0 aliphatic heterocycles. The van der Waals surface area contributed by atoms with Crippen LogP contribution in [0.2, 0.25) is 0 Å². The van der Waals surface area contributed by atoms with Gasteiger partial charge in [0.15, 0.2) is 0 Å². The molecule has 4 aromatic rings. The molecule has 0 unspecified atom stereocenters. The summed E-state index contributed by atoms with van der Waals surface area (Å²) in [4.78, 5) is 42.1. The van der Waals surface area contributed by atoms with Crippen LogP contribution in [0, 0.1) is 6.92 Å². The molecule has 1 N–H and O–H groups in total. The van der Waals surface area contributed by atoms with Crippen molar-refractivity contribution in [2.45, 2.75) is 20.0 Å². The maximum Gasteiger partial charge on any atom is 0.332 e. The Morgan fingerprint density at radius 3 is 1.78 bits per heavy atom. The Kier molecular flexibility index (Phi) is 5.68. The van der Waals surface area contributed by atoms with Crippen molar-refractivity contribution in [3.05, 3.63) is 103 Å². The Bertz CT molecular complexity index is 1450. The lowest BCUT2D eigenvalue weighted by Gasteiger charge is -2.15. The maximum absolute atomic E-state index is 13.4. The quantitative estimate of drug-likeness (QED) is 0.503. The molecular weight excluding hydrogens is 410 g/mol. The number of pyridine rings is 1. The second-order valence-electron chi connectivity index (χ2n) is 7.48. The molecule has 0 atom stereocenters. The summed E-state index contributed by atoms with van der Waals surface area (Å²) in [5, 5.41) is 0.232. The average molecular weight is 433 g/mol. The fraction of sp³-hybridized carbons (Fsp3) is 0.208. The van der Waals surface area contributed by atoms with Crippen LogP contribution in [0.4, 0.5) is 0 Å². The highest BCUT2D eigenvalue weighted by Crippen LogP contribution is 2.15. The zero-order valence-corrected chi connectivity index (χ0v) is 18.0. The van der Waals surface area contributed by atoms with Crippen molar-refractivity contribution in [3.63, 3.8) is 0 Å².